The van der Waals surface area contributed by atoms with Gasteiger partial charge in [-0.3, -0.25) is 14.2 Å². The van der Waals surface area contributed by atoms with Crippen LogP contribution in [0.5, 0.6) is 0 Å². The van der Waals surface area contributed by atoms with Crippen molar-refractivity contribution in [1.29, 1.82) is 0 Å². The Balaban J connectivity index is 1.46. The molecule has 0 saturated carbocycles. The molecule has 4 aromatic rings. The maximum Gasteiger partial charge on any atom is 0.259 e. The first kappa shape index (κ1) is 27.0. The summed E-state index contributed by atoms with van der Waals surface area (Å²) in [6.07, 6.45) is 1.95. The van der Waals surface area contributed by atoms with Gasteiger partial charge in [-0.1, -0.05) is 63.6 Å². The summed E-state index contributed by atoms with van der Waals surface area (Å²) in [5, 5.41) is 4.41. The molecule has 5 rings (SSSR count). The highest BCUT2D eigenvalue weighted by Gasteiger charge is 2.25. The van der Waals surface area contributed by atoms with Crippen LogP contribution in [-0.4, -0.2) is 39.6 Å². The van der Waals surface area contributed by atoms with Gasteiger partial charge < -0.3 is 10.1 Å². The summed E-state index contributed by atoms with van der Waals surface area (Å²) in [7, 11) is 1.68. The SMILES string of the molecule is C[C@H]1COC[C@H]1Nc1ncc2cc(-c3cc(C(=O)Cc4cccc(C(C)(C)C)c4)ccc3Cl)c(=O)n(C)c2n1. The fourth-order valence-corrected chi connectivity index (χ4v) is 5.08. The lowest BCUT2D eigenvalue weighted by Gasteiger charge is -2.19. The number of aromatic nitrogens is 3. The molecule has 3 heterocycles. The lowest BCUT2D eigenvalue weighted by Crippen LogP contribution is -2.27. The Labute approximate surface area is 233 Å². The van der Waals surface area contributed by atoms with E-state index in [1.807, 2.05) is 12.1 Å². The number of pyridine rings is 1. The van der Waals surface area contributed by atoms with Crippen LogP contribution in [-0.2, 0) is 23.6 Å². The van der Waals surface area contributed by atoms with Crippen LogP contribution in [0, 0.1) is 5.92 Å². The Morgan fingerprint density at radius 3 is 2.64 bits per heavy atom. The Morgan fingerprint density at radius 1 is 1.13 bits per heavy atom. The average molecular weight is 545 g/mol. The first-order valence-corrected chi connectivity index (χ1v) is 13.5. The third kappa shape index (κ3) is 5.60. The number of hydrogen-bond donors (Lipinski definition) is 1. The van der Waals surface area contributed by atoms with Crippen LogP contribution < -0.4 is 10.9 Å². The number of Topliss-reactive ketones (excluding diaryl/α,β-unsaturated/α-hetero) is 1. The molecule has 7 nitrogen and oxygen atoms in total. The predicted octanol–water partition coefficient (Wildman–Crippen LogP) is 5.82. The molecule has 1 aliphatic rings. The molecule has 8 heteroatoms. The van der Waals surface area contributed by atoms with E-state index in [2.05, 4.69) is 55.1 Å². The zero-order valence-corrected chi connectivity index (χ0v) is 23.7. The third-order valence-corrected chi connectivity index (χ3v) is 7.69. The molecule has 0 spiro atoms. The van der Waals surface area contributed by atoms with Crippen LogP contribution in [0.25, 0.3) is 22.2 Å². The number of nitrogens with zero attached hydrogens (tertiary/aromatic N) is 3. The number of aryl methyl sites for hydroxylation is 1. The van der Waals surface area contributed by atoms with Gasteiger partial charge in [-0.25, -0.2) is 4.98 Å². The molecule has 0 bridgehead atoms. The maximum absolute atomic E-state index is 13.5. The molecule has 0 amide bonds. The third-order valence-electron chi connectivity index (χ3n) is 7.36. The number of carbonyl (C=O) groups excluding carboxylic acids is 1. The van der Waals surface area contributed by atoms with Crippen molar-refractivity contribution in [1.82, 2.24) is 14.5 Å². The number of rotatable bonds is 6. The first-order valence-electron chi connectivity index (χ1n) is 13.1. The molecule has 0 radical (unpaired) electrons. The van der Waals surface area contributed by atoms with Gasteiger partial charge >= 0.3 is 0 Å². The van der Waals surface area contributed by atoms with Gasteiger partial charge in [0.1, 0.15) is 5.65 Å². The Kier molecular flexibility index (Phi) is 7.31. The number of anilines is 1. The minimum atomic E-state index is -0.255. The van der Waals surface area contributed by atoms with Crippen LogP contribution in [0.2, 0.25) is 5.02 Å². The predicted molar refractivity (Wildman–Crippen MR) is 156 cm³/mol. The van der Waals surface area contributed by atoms with Gasteiger partial charge in [-0.15, -0.1) is 0 Å². The Hall–Kier alpha value is -3.55. The molecule has 2 aromatic carbocycles. The van der Waals surface area contributed by atoms with Gasteiger partial charge in [0.15, 0.2) is 5.78 Å². The number of hydrogen-bond acceptors (Lipinski definition) is 6. The quantitative estimate of drug-likeness (QED) is 0.308. The van der Waals surface area contributed by atoms with Gasteiger partial charge in [0.05, 0.1) is 19.3 Å². The van der Waals surface area contributed by atoms with E-state index in [1.54, 1.807) is 37.5 Å². The largest absolute Gasteiger partial charge is 0.379 e. The van der Waals surface area contributed by atoms with E-state index >= 15 is 0 Å². The van der Waals surface area contributed by atoms with Crippen molar-refractivity contribution in [2.45, 2.75) is 45.6 Å². The van der Waals surface area contributed by atoms with Crippen LogP contribution in [0.4, 0.5) is 5.95 Å². The van der Waals surface area contributed by atoms with Crippen LogP contribution in [0.1, 0.15) is 49.2 Å². The van der Waals surface area contributed by atoms with Crippen LogP contribution >= 0.6 is 11.6 Å². The number of carbonyl (C=O) groups is 1. The second-order valence-corrected chi connectivity index (χ2v) is 11.8. The summed E-state index contributed by atoms with van der Waals surface area (Å²) in [5.41, 5.74) is 3.77. The van der Waals surface area contributed by atoms with Crippen molar-refractivity contribution in [2.24, 2.45) is 13.0 Å². The molecule has 39 heavy (non-hydrogen) atoms. The number of nitrogens with one attached hydrogen (secondary N) is 1. The number of ether oxygens (including phenoxy) is 1. The standard InChI is InChI=1S/C31H33ClN4O3/c1-18-16-39-17-26(18)34-30-33-15-21-14-24(29(38)36(5)28(21)35-30)23-13-20(9-10-25(23)32)27(37)12-19-7-6-8-22(11-19)31(2,3)4/h6-11,13-15,18,26H,12,16-17H2,1-5H3,(H,33,34,35)/t18-,26+/m0/s1. The molecule has 1 fully saturated rings. The Morgan fingerprint density at radius 2 is 1.92 bits per heavy atom. The van der Waals surface area contributed by atoms with Crippen molar-refractivity contribution in [2.75, 3.05) is 18.5 Å². The lowest BCUT2D eigenvalue weighted by molar-refractivity contribution is 0.0993. The molecule has 0 unspecified atom stereocenters. The maximum atomic E-state index is 13.5. The van der Waals surface area contributed by atoms with Crippen molar-refractivity contribution in [3.63, 3.8) is 0 Å². The van der Waals surface area contributed by atoms with E-state index in [9.17, 15) is 9.59 Å². The van der Waals surface area contributed by atoms with Crippen molar-refractivity contribution < 1.29 is 9.53 Å². The monoisotopic (exact) mass is 544 g/mol. The van der Waals surface area contributed by atoms with E-state index in [0.29, 0.717) is 57.8 Å². The second-order valence-electron chi connectivity index (χ2n) is 11.4. The minimum absolute atomic E-state index is 0.00742. The average Bonchev–Trinajstić information content (AvgIpc) is 3.30. The summed E-state index contributed by atoms with van der Waals surface area (Å²) in [6.45, 7) is 9.85. The van der Waals surface area contributed by atoms with Crippen LogP contribution in [0.15, 0.2) is 59.5 Å². The van der Waals surface area contributed by atoms with Gasteiger partial charge in [0.2, 0.25) is 5.95 Å². The zero-order valence-electron chi connectivity index (χ0n) is 22.9. The normalized spacial score (nSPS) is 17.5. The molecule has 1 N–H and O–H groups in total. The zero-order chi connectivity index (χ0) is 27.9. The highest BCUT2D eigenvalue weighted by Crippen LogP contribution is 2.30. The lowest BCUT2D eigenvalue weighted by atomic mass is 9.85. The van der Waals surface area contributed by atoms with Crippen LogP contribution in [0.3, 0.4) is 0 Å². The summed E-state index contributed by atoms with van der Waals surface area (Å²) < 4.78 is 7.01. The highest BCUT2D eigenvalue weighted by molar-refractivity contribution is 6.33. The molecular formula is C31H33ClN4O3. The van der Waals surface area contributed by atoms with E-state index in [0.717, 1.165) is 5.56 Å². The van der Waals surface area contributed by atoms with E-state index in [-0.39, 0.29) is 29.2 Å². The van der Waals surface area contributed by atoms with Gasteiger partial charge in [-0.05, 0) is 40.8 Å². The van der Waals surface area contributed by atoms with Gasteiger partial charge in [0, 0.05) is 52.7 Å². The fraction of sp³-hybridized carbons (Fsp3) is 0.355. The van der Waals surface area contributed by atoms with Gasteiger partial charge in [-0.2, -0.15) is 4.98 Å². The summed E-state index contributed by atoms with van der Waals surface area (Å²) in [4.78, 5) is 35.8. The molecule has 2 atom stereocenters. The van der Waals surface area contributed by atoms with Crippen molar-refractivity contribution >= 4 is 34.4 Å². The molecule has 0 aliphatic carbocycles. The number of halogens is 1. The van der Waals surface area contributed by atoms with E-state index in [1.165, 1.54) is 10.1 Å². The van der Waals surface area contributed by atoms with E-state index < -0.39 is 0 Å². The minimum Gasteiger partial charge on any atom is -0.379 e. The molecule has 1 aliphatic heterocycles. The Bertz CT molecular complexity index is 1620. The molecular weight excluding hydrogens is 512 g/mol. The van der Waals surface area contributed by atoms with Crippen molar-refractivity contribution in [3.8, 4) is 11.1 Å². The molecule has 2 aromatic heterocycles. The molecule has 1 saturated heterocycles. The number of fused-ring (bicyclic) bond motifs is 1. The fourth-order valence-electron chi connectivity index (χ4n) is 4.86. The topological polar surface area (TPSA) is 86.1 Å². The summed E-state index contributed by atoms with van der Waals surface area (Å²) in [6, 6.07) is 15.1. The van der Waals surface area contributed by atoms with E-state index in [4.69, 9.17) is 16.3 Å². The number of ketones is 1. The molecule has 202 valence electrons. The smallest absolute Gasteiger partial charge is 0.259 e. The van der Waals surface area contributed by atoms with Gasteiger partial charge in [0.25, 0.3) is 5.56 Å². The first-order chi connectivity index (χ1) is 18.5. The summed E-state index contributed by atoms with van der Waals surface area (Å²) in [5.74, 6) is 0.754. The van der Waals surface area contributed by atoms with Crippen molar-refractivity contribution in [3.05, 3.63) is 86.8 Å². The second kappa shape index (κ2) is 10.5. The summed E-state index contributed by atoms with van der Waals surface area (Å²) >= 11 is 6.56. The highest BCUT2D eigenvalue weighted by atomic mass is 35.5. The number of benzene rings is 2.